The van der Waals surface area contributed by atoms with Gasteiger partial charge in [-0.2, -0.15) is 0 Å². The molecule has 3 aromatic rings. The van der Waals surface area contributed by atoms with E-state index >= 15 is 0 Å². The van der Waals surface area contributed by atoms with E-state index in [1.807, 2.05) is 19.0 Å². The average Bonchev–Trinajstić information content (AvgIpc) is 3.16. The van der Waals surface area contributed by atoms with Crippen LogP contribution >= 0.6 is 11.6 Å². The number of hydrogen-bond acceptors (Lipinski definition) is 4. The molecule has 0 aliphatic rings. The van der Waals surface area contributed by atoms with Crippen molar-refractivity contribution in [1.29, 1.82) is 0 Å². The lowest BCUT2D eigenvalue weighted by Crippen LogP contribution is -2.31. The molecule has 28 heavy (non-hydrogen) atoms. The van der Waals surface area contributed by atoms with Gasteiger partial charge in [-0.3, -0.25) is 4.79 Å². The predicted octanol–water partition coefficient (Wildman–Crippen LogP) is 4.56. The molecule has 0 spiro atoms. The number of amides is 1. The van der Waals surface area contributed by atoms with Gasteiger partial charge < -0.3 is 14.7 Å². The van der Waals surface area contributed by atoms with Gasteiger partial charge in [0.25, 0.3) is 5.91 Å². The summed E-state index contributed by atoms with van der Waals surface area (Å²) < 4.78 is 18.6. The molecular formula is C21H21ClFN3O2. The average molecular weight is 402 g/mol. The standard InChI is InChI=1S/C21H21ClFN3O2/c1-26(2)12-11-18(14-5-9-17(23)10-6-14)24-21(27)19-13-20(28-25-19)15-3-7-16(22)8-4-15/h3-10,13,18H,11-12H2,1-2H3,(H,24,27). The first-order chi connectivity index (χ1) is 13.4. The highest BCUT2D eigenvalue weighted by molar-refractivity contribution is 6.30. The second-order valence-corrected chi connectivity index (χ2v) is 7.19. The highest BCUT2D eigenvalue weighted by Gasteiger charge is 2.19. The number of rotatable bonds is 7. The third kappa shape index (κ3) is 5.18. The summed E-state index contributed by atoms with van der Waals surface area (Å²) in [6.07, 6.45) is 0.673. The maximum Gasteiger partial charge on any atom is 0.273 e. The fraction of sp³-hybridized carbons (Fsp3) is 0.238. The molecule has 0 fully saturated rings. The quantitative estimate of drug-likeness (QED) is 0.630. The number of carbonyl (C=O) groups excluding carboxylic acids is 1. The van der Waals surface area contributed by atoms with E-state index in [0.29, 0.717) is 17.2 Å². The van der Waals surface area contributed by atoms with Crippen LogP contribution in [0.25, 0.3) is 11.3 Å². The smallest absolute Gasteiger partial charge is 0.273 e. The number of carbonyl (C=O) groups is 1. The molecule has 7 heteroatoms. The Balaban J connectivity index is 1.75. The van der Waals surface area contributed by atoms with Crippen molar-refractivity contribution >= 4 is 17.5 Å². The van der Waals surface area contributed by atoms with Gasteiger partial charge in [0.1, 0.15) is 5.82 Å². The van der Waals surface area contributed by atoms with E-state index in [1.54, 1.807) is 42.5 Å². The van der Waals surface area contributed by atoms with Crippen LogP contribution in [0, 0.1) is 5.82 Å². The molecule has 0 aliphatic carbocycles. The Labute approximate surface area is 168 Å². The van der Waals surface area contributed by atoms with Gasteiger partial charge in [0.15, 0.2) is 11.5 Å². The normalized spacial score (nSPS) is 12.2. The summed E-state index contributed by atoms with van der Waals surface area (Å²) in [4.78, 5) is 14.7. The SMILES string of the molecule is CN(C)CCC(NC(=O)c1cc(-c2ccc(Cl)cc2)on1)c1ccc(F)cc1. The lowest BCUT2D eigenvalue weighted by molar-refractivity contribution is 0.0923. The minimum absolute atomic E-state index is 0.182. The minimum atomic E-state index is -0.350. The van der Waals surface area contributed by atoms with Crippen LogP contribution in [0.1, 0.15) is 28.5 Å². The molecule has 1 unspecified atom stereocenters. The van der Waals surface area contributed by atoms with Crippen molar-refractivity contribution in [3.05, 3.63) is 76.7 Å². The maximum absolute atomic E-state index is 13.3. The topological polar surface area (TPSA) is 58.4 Å². The van der Waals surface area contributed by atoms with Crippen molar-refractivity contribution in [3.63, 3.8) is 0 Å². The van der Waals surface area contributed by atoms with Gasteiger partial charge >= 0.3 is 0 Å². The number of hydrogen-bond donors (Lipinski definition) is 1. The Bertz CT molecular complexity index is 924. The van der Waals surface area contributed by atoms with Crippen LogP contribution in [-0.4, -0.2) is 36.6 Å². The Kier molecular flexibility index (Phi) is 6.44. The maximum atomic E-state index is 13.3. The fourth-order valence-corrected chi connectivity index (χ4v) is 2.90. The molecule has 0 bridgehead atoms. The second-order valence-electron chi connectivity index (χ2n) is 6.75. The van der Waals surface area contributed by atoms with Crippen LogP contribution in [0.3, 0.4) is 0 Å². The molecule has 2 aromatic carbocycles. The lowest BCUT2D eigenvalue weighted by Gasteiger charge is -2.20. The van der Waals surface area contributed by atoms with Crippen LogP contribution in [0.4, 0.5) is 4.39 Å². The van der Waals surface area contributed by atoms with Crippen LogP contribution < -0.4 is 5.32 Å². The molecule has 5 nitrogen and oxygen atoms in total. The molecule has 3 rings (SSSR count). The number of aromatic nitrogens is 1. The number of benzene rings is 2. The molecule has 1 aromatic heterocycles. The summed E-state index contributed by atoms with van der Waals surface area (Å²) >= 11 is 5.89. The first-order valence-electron chi connectivity index (χ1n) is 8.86. The van der Waals surface area contributed by atoms with Gasteiger partial charge in [-0.25, -0.2) is 4.39 Å². The van der Waals surface area contributed by atoms with E-state index in [-0.39, 0.29) is 23.5 Å². The Morgan fingerprint density at radius 2 is 1.86 bits per heavy atom. The highest BCUT2D eigenvalue weighted by Crippen LogP contribution is 2.23. The lowest BCUT2D eigenvalue weighted by atomic mass is 10.0. The summed E-state index contributed by atoms with van der Waals surface area (Å²) in [7, 11) is 3.92. The van der Waals surface area contributed by atoms with Crippen LogP contribution in [0.15, 0.2) is 59.1 Å². The van der Waals surface area contributed by atoms with Gasteiger partial charge in [0, 0.05) is 16.7 Å². The third-order valence-electron chi connectivity index (χ3n) is 4.31. The second kappa shape index (κ2) is 8.99. The van der Waals surface area contributed by atoms with Crippen molar-refractivity contribution in [2.45, 2.75) is 12.5 Å². The molecule has 1 atom stereocenters. The summed E-state index contributed by atoms with van der Waals surface area (Å²) in [6.45, 7) is 0.761. The number of nitrogens with zero attached hydrogens (tertiary/aromatic N) is 2. The molecule has 1 heterocycles. The van der Waals surface area contributed by atoms with E-state index in [4.69, 9.17) is 16.1 Å². The van der Waals surface area contributed by atoms with E-state index in [2.05, 4.69) is 10.5 Å². The summed E-state index contributed by atoms with van der Waals surface area (Å²) in [5.74, 6) is -0.184. The van der Waals surface area contributed by atoms with Gasteiger partial charge in [-0.05, 0) is 69.0 Å². The van der Waals surface area contributed by atoms with E-state index < -0.39 is 0 Å². The first-order valence-corrected chi connectivity index (χ1v) is 9.24. The van der Waals surface area contributed by atoms with Crippen molar-refractivity contribution in [1.82, 2.24) is 15.4 Å². The number of halogens is 2. The summed E-state index contributed by atoms with van der Waals surface area (Å²) in [6, 6.07) is 14.5. The van der Waals surface area contributed by atoms with E-state index in [1.165, 1.54) is 12.1 Å². The zero-order valence-corrected chi connectivity index (χ0v) is 16.4. The Morgan fingerprint density at radius 3 is 2.50 bits per heavy atom. The van der Waals surface area contributed by atoms with Crippen molar-refractivity contribution in [2.24, 2.45) is 0 Å². The highest BCUT2D eigenvalue weighted by atomic mass is 35.5. The molecule has 0 saturated heterocycles. The van der Waals surface area contributed by atoms with E-state index in [9.17, 15) is 9.18 Å². The number of nitrogens with one attached hydrogen (secondary N) is 1. The van der Waals surface area contributed by atoms with Crippen LogP contribution in [0.5, 0.6) is 0 Å². The summed E-state index contributed by atoms with van der Waals surface area (Å²) in [5, 5.41) is 7.46. The van der Waals surface area contributed by atoms with Crippen LogP contribution in [-0.2, 0) is 0 Å². The minimum Gasteiger partial charge on any atom is -0.355 e. The molecule has 0 saturated carbocycles. The molecule has 1 amide bonds. The van der Waals surface area contributed by atoms with Crippen molar-refractivity contribution in [2.75, 3.05) is 20.6 Å². The summed E-state index contributed by atoms with van der Waals surface area (Å²) in [5.41, 5.74) is 1.79. The van der Waals surface area contributed by atoms with Crippen LogP contribution in [0.2, 0.25) is 5.02 Å². The molecular weight excluding hydrogens is 381 g/mol. The third-order valence-corrected chi connectivity index (χ3v) is 4.57. The fourth-order valence-electron chi connectivity index (χ4n) is 2.77. The first kappa shape index (κ1) is 20.0. The Morgan fingerprint density at radius 1 is 1.18 bits per heavy atom. The van der Waals surface area contributed by atoms with Gasteiger partial charge in [-0.15, -0.1) is 0 Å². The van der Waals surface area contributed by atoms with Gasteiger partial charge in [0.05, 0.1) is 6.04 Å². The van der Waals surface area contributed by atoms with Gasteiger partial charge in [-0.1, -0.05) is 28.9 Å². The zero-order chi connectivity index (χ0) is 20.1. The largest absolute Gasteiger partial charge is 0.355 e. The Hall–Kier alpha value is -2.70. The molecule has 1 N–H and O–H groups in total. The van der Waals surface area contributed by atoms with Crippen molar-refractivity contribution in [3.8, 4) is 11.3 Å². The van der Waals surface area contributed by atoms with E-state index in [0.717, 1.165) is 17.7 Å². The van der Waals surface area contributed by atoms with Gasteiger partial charge in [0.2, 0.25) is 0 Å². The zero-order valence-electron chi connectivity index (χ0n) is 15.7. The van der Waals surface area contributed by atoms with Crippen molar-refractivity contribution < 1.29 is 13.7 Å². The predicted molar refractivity (Wildman–Crippen MR) is 107 cm³/mol. The molecule has 146 valence electrons. The molecule has 0 radical (unpaired) electrons. The molecule has 0 aliphatic heterocycles. The monoisotopic (exact) mass is 401 g/mol.